The molecule has 0 rings (SSSR count). The zero-order chi connectivity index (χ0) is 38.6. The van der Waals surface area contributed by atoms with Crippen LogP contribution in [0.1, 0.15) is 168 Å². The van der Waals surface area contributed by atoms with E-state index >= 15 is 0 Å². The molecule has 0 aliphatic rings. The molecule has 0 aromatic carbocycles. The first kappa shape index (κ1) is 50.2. The molecule has 2 atom stereocenters. The van der Waals surface area contributed by atoms with Gasteiger partial charge in [-0.2, -0.15) is 0 Å². The molecule has 0 saturated carbocycles. The van der Waals surface area contributed by atoms with Crippen LogP contribution in [0.3, 0.4) is 0 Å². The second kappa shape index (κ2) is 35.0. The summed E-state index contributed by atoms with van der Waals surface area (Å²) >= 11 is 0. The normalized spacial score (nSPS) is 14.0. The van der Waals surface area contributed by atoms with Crippen LogP contribution in [0.25, 0.3) is 0 Å². The summed E-state index contributed by atoms with van der Waals surface area (Å²) in [5.41, 5.74) is 0. The van der Waals surface area contributed by atoms with Crippen molar-refractivity contribution in [2.24, 2.45) is 0 Å². The fourth-order valence-electron chi connectivity index (χ4n) is 5.31. The standard InChI is InChI=1S/C42H78NO8P/c1-6-8-10-12-14-16-18-19-20-21-22-23-25-27-29-31-33-35-42(45)51-40(39-50-52(46,47)49-37-36-43(3,4)5)38-48-41(44)34-32-30-28-26-24-17-15-13-11-9-7-2/h13-16,19-20,40H,6-12,17-18,21-39H2,1-5H3/b15-13-,16-14-,20-19-/t40-/m1/s1. The van der Waals surface area contributed by atoms with Gasteiger partial charge in [0.1, 0.15) is 19.8 Å². The molecular weight excluding hydrogens is 677 g/mol. The molecule has 9 nitrogen and oxygen atoms in total. The first-order chi connectivity index (χ1) is 25.0. The van der Waals surface area contributed by atoms with Crippen LogP contribution < -0.4 is 4.89 Å². The van der Waals surface area contributed by atoms with Crippen LogP contribution in [0, 0.1) is 0 Å². The summed E-state index contributed by atoms with van der Waals surface area (Å²) in [6.45, 7) is 4.13. The van der Waals surface area contributed by atoms with Crippen molar-refractivity contribution in [3.8, 4) is 0 Å². The van der Waals surface area contributed by atoms with Gasteiger partial charge >= 0.3 is 11.9 Å². The third-order valence-corrected chi connectivity index (χ3v) is 9.60. The minimum atomic E-state index is -4.62. The Balaban J connectivity index is 4.40. The lowest BCUT2D eigenvalue weighted by atomic mass is 10.1. The molecule has 0 N–H and O–H groups in total. The molecule has 304 valence electrons. The predicted molar refractivity (Wildman–Crippen MR) is 213 cm³/mol. The Kier molecular flexibility index (Phi) is 33.8. The highest BCUT2D eigenvalue weighted by Gasteiger charge is 2.21. The molecule has 0 aromatic heterocycles. The molecule has 0 heterocycles. The molecule has 0 radical (unpaired) electrons. The maximum atomic E-state index is 12.6. The number of hydrogen-bond donors (Lipinski definition) is 0. The van der Waals surface area contributed by atoms with E-state index in [-0.39, 0.29) is 26.1 Å². The number of esters is 2. The average Bonchev–Trinajstić information content (AvgIpc) is 3.09. The number of phosphoric acid groups is 1. The van der Waals surface area contributed by atoms with Crippen molar-refractivity contribution in [2.45, 2.75) is 174 Å². The van der Waals surface area contributed by atoms with Gasteiger partial charge in [-0.25, -0.2) is 0 Å². The van der Waals surface area contributed by atoms with Gasteiger partial charge in [0.25, 0.3) is 7.82 Å². The summed E-state index contributed by atoms with van der Waals surface area (Å²) in [6.07, 6.45) is 37.4. The third-order valence-electron chi connectivity index (χ3n) is 8.63. The van der Waals surface area contributed by atoms with Gasteiger partial charge in [0.2, 0.25) is 0 Å². The Morgan fingerprint density at radius 3 is 1.60 bits per heavy atom. The molecule has 0 spiro atoms. The van der Waals surface area contributed by atoms with E-state index in [2.05, 4.69) is 50.3 Å². The number of likely N-dealkylation sites (N-methyl/N-ethyl adjacent to an activating group) is 1. The summed E-state index contributed by atoms with van der Waals surface area (Å²) < 4.78 is 33.8. The molecule has 0 aliphatic carbocycles. The SMILES string of the molecule is CCCC/C=C\CCCCCCCC(=O)OC[C@H](COP(=O)([O-])OCC[N+](C)(C)C)OC(=O)CCCCCCCCC/C=C\C/C=C\CCCCC. The third kappa shape index (κ3) is 38.0. The minimum Gasteiger partial charge on any atom is -0.756 e. The highest BCUT2D eigenvalue weighted by molar-refractivity contribution is 7.45. The van der Waals surface area contributed by atoms with Crippen LogP contribution in [0.2, 0.25) is 0 Å². The fraction of sp³-hybridized carbons (Fsp3) is 0.810. The van der Waals surface area contributed by atoms with Gasteiger partial charge in [-0.1, -0.05) is 127 Å². The average molecular weight is 756 g/mol. The van der Waals surface area contributed by atoms with Crippen LogP contribution in [0.4, 0.5) is 0 Å². The fourth-order valence-corrected chi connectivity index (χ4v) is 6.04. The summed E-state index contributed by atoms with van der Waals surface area (Å²) in [7, 11) is 1.15. The lowest BCUT2D eigenvalue weighted by Crippen LogP contribution is -2.37. The molecule has 52 heavy (non-hydrogen) atoms. The van der Waals surface area contributed by atoms with Gasteiger partial charge < -0.3 is 27.9 Å². The Hall–Kier alpha value is -1.77. The second-order valence-corrected chi connectivity index (χ2v) is 16.4. The highest BCUT2D eigenvalue weighted by atomic mass is 31.2. The smallest absolute Gasteiger partial charge is 0.306 e. The second-order valence-electron chi connectivity index (χ2n) is 15.0. The Labute approximate surface area is 319 Å². The van der Waals surface area contributed by atoms with Gasteiger partial charge in [0.15, 0.2) is 6.10 Å². The van der Waals surface area contributed by atoms with Crippen molar-refractivity contribution in [1.29, 1.82) is 0 Å². The van der Waals surface area contributed by atoms with E-state index in [4.69, 9.17) is 18.5 Å². The number of ether oxygens (including phenoxy) is 2. The van der Waals surface area contributed by atoms with E-state index in [1.807, 2.05) is 21.1 Å². The van der Waals surface area contributed by atoms with E-state index < -0.39 is 32.5 Å². The maximum Gasteiger partial charge on any atom is 0.306 e. The van der Waals surface area contributed by atoms with Crippen molar-refractivity contribution >= 4 is 19.8 Å². The number of unbranched alkanes of at least 4 members (excludes halogenated alkanes) is 17. The lowest BCUT2D eigenvalue weighted by Gasteiger charge is -2.28. The Morgan fingerprint density at radius 1 is 0.596 bits per heavy atom. The zero-order valence-corrected chi connectivity index (χ0v) is 34.9. The van der Waals surface area contributed by atoms with E-state index in [1.54, 1.807) is 0 Å². The topological polar surface area (TPSA) is 111 Å². The van der Waals surface area contributed by atoms with E-state index in [1.165, 1.54) is 57.8 Å². The van der Waals surface area contributed by atoms with Crippen molar-refractivity contribution in [2.75, 3.05) is 47.5 Å². The van der Waals surface area contributed by atoms with Crippen molar-refractivity contribution in [3.05, 3.63) is 36.5 Å². The number of quaternary nitrogens is 1. The van der Waals surface area contributed by atoms with Crippen LogP contribution >= 0.6 is 7.82 Å². The van der Waals surface area contributed by atoms with Crippen LogP contribution in [0.5, 0.6) is 0 Å². The van der Waals surface area contributed by atoms with Crippen molar-refractivity contribution < 1.29 is 42.1 Å². The zero-order valence-electron chi connectivity index (χ0n) is 34.0. The lowest BCUT2D eigenvalue weighted by molar-refractivity contribution is -0.870. The molecule has 0 aromatic rings. The molecule has 0 aliphatic heterocycles. The van der Waals surface area contributed by atoms with Crippen molar-refractivity contribution in [3.63, 3.8) is 0 Å². The van der Waals surface area contributed by atoms with Gasteiger partial charge in [-0.3, -0.25) is 14.2 Å². The summed E-state index contributed by atoms with van der Waals surface area (Å²) in [6, 6.07) is 0. The number of nitrogens with zero attached hydrogens (tertiary/aromatic N) is 1. The van der Waals surface area contributed by atoms with E-state index in [0.717, 1.165) is 77.0 Å². The predicted octanol–water partition coefficient (Wildman–Crippen LogP) is 10.7. The van der Waals surface area contributed by atoms with Crippen LogP contribution in [0.15, 0.2) is 36.5 Å². The molecular formula is C42H78NO8P. The summed E-state index contributed by atoms with van der Waals surface area (Å²) in [5, 5.41) is 0. The summed E-state index contributed by atoms with van der Waals surface area (Å²) in [4.78, 5) is 37.4. The molecule has 0 bridgehead atoms. The quantitative estimate of drug-likeness (QED) is 0.0203. The number of allylic oxidation sites excluding steroid dienone is 6. The molecule has 0 saturated heterocycles. The van der Waals surface area contributed by atoms with E-state index in [9.17, 15) is 19.0 Å². The maximum absolute atomic E-state index is 12.6. The number of phosphoric ester groups is 1. The first-order valence-corrected chi connectivity index (χ1v) is 22.2. The summed E-state index contributed by atoms with van der Waals surface area (Å²) in [5.74, 6) is -0.857. The van der Waals surface area contributed by atoms with Crippen molar-refractivity contribution in [1.82, 2.24) is 0 Å². The molecule has 0 fully saturated rings. The van der Waals surface area contributed by atoms with Crippen LogP contribution in [-0.4, -0.2) is 70.0 Å². The highest BCUT2D eigenvalue weighted by Crippen LogP contribution is 2.38. The van der Waals surface area contributed by atoms with Gasteiger partial charge in [-0.05, 0) is 64.2 Å². The number of rotatable bonds is 37. The Morgan fingerprint density at radius 2 is 1.06 bits per heavy atom. The number of carbonyl (C=O) groups excluding carboxylic acids is 2. The van der Waals surface area contributed by atoms with Gasteiger partial charge in [-0.15, -0.1) is 0 Å². The first-order valence-electron chi connectivity index (χ1n) is 20.7. The van der Waals surface area contributed by atoms with Gasteiger partial charge in [0, 0.05) is 12.8 Å². The number of carbonyl (C=O) groups is 2. The van der Waals surface area contributed by atoms with Crippen LogP contribution in [-0.2, 0) is 32.7 Å². The molecule has 1 unspecified atom stereocenters. The molecule has 0 amide bonds. The largest absolute Gasteiger partial charge is 0.756 e. The van der Waals surface area contributed by atoms with Gasteiger partial charge in [0.05, 0.1) is 27.7 Å². The van der Waals surface area contributed by atoms with E-state index in [0.29, 0.717) is 17.4 Å². The molecule has 10 heteroatoms. The minimum absolute atomic E-state index is 0.0342. The monoisotopic (exact) mass is 756 g/mol. The number of hydrogen-bond acceptors (Lipinski definition) is 8. The Bertz CT molecular complexity index is 991.